The fraction of sp³-hybridized carbons (Fsp3) is 0.462. The molecule has 4 heteroatoms. The Hall–Kier alpha value is -1.71. The van der Waals surface area contributed by atoms with Gasteiger partial charge in [0.05, 0.1) is 0 Å². The number of ether oxygens (including phenoxy) is 1. The molecule has 17 heavy (non-hydrogen) atoms. The van der Waals surface area contributed by atoms with Crippen molar-refractivity contribution >= 4 is 17.5 Å². The van der Waals surface area contributed by atoms with Crippen LogP contribution < -0.4 is 10.6 Å². The Bertz CT molecular complexity index is 402. The van der Waals surface area contributed by atoms with Gasteiger partial charge in [-0.3, -0.25) is 4.90 Å². The molecular weight excluding hydrogens is 216 g/mol. The Morgan fingerprint density at radius 3 is 2.35 bits per heavy atom. The van der Waals surface area contributed by atoms with Gasteiger partial charge in [0.15, 0.2) is 0 Å². The summed E-state index contributed by atoms with van der Waals surface area (Å²) in [5.74, 6) is 0. The number of benzene rings is 1. The molecule has 0 aliphatic rings. The van der Waals surface area contributed by atoms with Crippen LogP contribution in [0.5, 0.6) is 0 Å². The average molecular weight is 236 g/mol. The smallest absolute Gasteiger partial charge is 0.414 e. The summed E-state index contributed by atoms with van der Waals surface area (Å²) in [4.78, 5) is 13.3. The van der Waals surface area contributed by atoms with Crippen LogP contribution in [0.3, 0.4) is 0 Å². The zero-order valence-corrected chi connectivity index (χ0v) is 11.1. The van der Waals surface area contributed by atoms with E-state index >= 15 is 0 Å². The maximum Gasteiger partial charge on any atom is 0.414 e. The molecule has 0 bridgehead atoms. The molecule has 0 saturated carbocycles. The van der Waals surface area contributed by atoms with E-state index in [1.165, 1.54) is 4.90 Å². The van der Waals surface area contributed by atoms with Crippen molar-refractivity contribution in [3.8, 4) is 0 Å². The Morgan fingerprint density at radius 2 is 1.88 bits per heavy atom. The molecule has 1 aromatic carbocycles. The zero-order valence-electron chi connectivity index (χ0n) is 11.1. The lowest BCUT2D eigenvalue weighted by Gasteiger charge is -2.25. The number of nitrogens with zero attached hydrogens (tertiary/aromatic N) is 1. The minimum absolute atomic E-state index is 0.387. The third-order valence-corrected chi connectivity index (χ3v) is 2.14. The van der Waals surface area contributed by atoms with E-state index in [1.54, 1.807) is 13.1 Å². The van der Waals surface area contributed by atoms with E-state index in [2.05, 4.69) is 0 Å². The molecule has 94 valence electrons. The summed E-state index contributed by atoms with van der Waals surface area (Å²) in [5, 5.41) is 0. The Kier molecular flexibility index (Phi) is 3.66. The summed E-state index contributed by atoms with van der Waals surface area (Å²) in [6.07, 6.45) is -0.387. The topological polar surface area (TPSA) is 55.6 Å². The molecule has 0 aromatic heterocycles. The summed E-state index contributed by atoms with van der Waals surface area (Å²) < 4.78 is 5.28. The highest BCUT2D eigenvalue weighted by atomic mass is 16.6. The zero-order chi connectivity index (χ0) is 13.2. The second kappa shape index (κ2) is 4.65. The van der Waals surface area contributed by atoms with Crippen molar-refractivity contribution in [1.29, 1.82) is 0 Å². The molecule has 1 amide bonds. The lowest BCUT2D eigenvalue weighted by atomic mass is 10.2. The second-order valence-electron chi connectivity index (χ2n) is 5.14. The van der Waals surface area contributed by atoms with Gasteiger partial charge in [-0.15, -0.1) is 0 Å². The fourth-order valence-electron chi connectivity index (χ4n) is 1.42. The number of nitrogen functional groups attached to an aromatic ring is 1. The first-order valence-electron chi connectivity index (χ1n) is 5.53. The van der Waals surface area contributed by atoms with E-state index in [-0.39, 0.29) is 6.09 Å². The normalized spacial score (nSPS) is 11.1. The van der Waals surface area contributed by atoms with Gasteiger partial charge in [-0.2, -0.15) is 0 Å². The van der Waals surface area contributed by atoms with Crippen molar-refractivity contribution < 1.29 is 9.53 Å². The van der Waals surface area contributed by atoms with E-state index in [0.717, 1.165) is 11.3 Å². The van der Waals surface area contributed by atoms with Gasteiger partial charge in [0.1, 0.15) is 5.60 Å². The Balaban J connectivity index is 2.89. The van der Waals surface area contributed by atoms with Gasteiger partial charge >= 0.3 is 6.09 Å². The van der Waals surface area contributed by atoms with Crippen LogP contribution in [-0.2, 0) is 4.74 Å². The maximum absolute atomic E-state index is 11.8. The predicted octanol–water partition coefficient (Wildman–Crippen LogP) is 2.95. The molecule has 1 aromatic rings. The van der Waals surface area contributed by atoms with Crippen LogP contribution in [0.25, 0.3) is 0 Å². The molecule has 0 spiro atoms. The van der Waals surface area contributed by atoms with Crippen molar-refractivity contribution in [3.05, 3.63) is 23.8 Å². The van der Waals surface area contributed by atoms with E-state index in [9.17, 15) is 4.79 Å². The number of amides is 1. The molecule has 0 heterocycles. The van der Waals surface area contributed by atoms with Crippen LogP contribution in [0, 0.1) is 6.92 Å². The van der Waals surface area contributed by atoms with Crippen LogP contribution in [0.1, 0.15) is 26.3 Å². The monoisotopic (exact) mass is 236 g/mol. The lowest BCUT2D eigenvalue weighted by Crippen LogP contribution is -2.34. The third kappa shape index (κ3) is 3.98. The number of carbonyl (C=O) groups is 1. The first-order valence-corrected chi connectivity index (χ1v) is 5.53. The van der Waals surface area contributed by atoms with Crippen LogP contribution in [0.15, 0.2) is 18.2 Å². The van der Waals surface area contributed by atoms with Gasteiger partial charge in [0, 0.05) is 18.4 Å². The minimum Gasteiger partial charge on any atom is -0.443 e. The number of rotatable bonds is 1. The molecular formula is C13H20N2O2. The van der Waals surface area contributed by atoms with Crippen molar-refractivity contribution in [2.45, 2.75) is 33.3 Å². The van der Waals surface area contributed by atoms with E-state index in [4.69, 9.17) is 10.5 Å². The first kappa shape index (κ1) is 13.4. The van der Waals surface area contributed by atoms with Crippen LogP contribution in [0.4, 0.5) is 16.2 Å². The number of nitrogens with two attached hydrogens (primary N) is 1. The van der Waals surface area contributed by atoms with Gasteiger partial charge in [0.2, 0.25) is 0 Å². The summed E-state index contributed by atoms with van der Waals surface area (Å²) in [6.45, 7) is 7.44. The third-order valence-electron chi connectivity index (χ3n) is 2.14. The lowest BCUT2D eigenvalue weighted by molar-refractivity contribution is 0.0589. The van der Waals surface area contributed by atoms with Gasteiger partial charge in [0.25, 0.3) is 0 Å². The fourth-order valence-corrected chi connectivity index (χ4v) is 1.42. The molecule has 0 aliphatic carbocycles. The second-order valence-corrected chi connectivity index (χ2v) is 5.14. The molecule has 0 unspecified atom stereocenters. The van der Waals surface area contributed by atoms with Gasteiger partial charge < -0.3 is 10.5 Å². The SMILES string of the molecule is Cc1cc(N)cc(N(C)C(=O)OC(C)(C)C)c1. The van der Waals surface area contributed by atoms with Crippen molar-refractivity contribution in [2.75, 3.05) is 17.7 Å². The molecule has 0 radical (unpaired) electrons. The van der Waals surface area contributed by atoms with E-state index in [0.29, 0.717) is 5.69 Å². The first-order chi connectivity index (χ1) is 7.69. The van der Waals surface area contributed by atoms with Crippen molar-refractivity contribution in [3.63, 3.8) is 0 Å². The summed E-state index contributed by atoms with van der Waals surface area (Å²) in [7, 11) is 1.67. The minimum atomic E-state index is -0.499. The highest BCUT2D eigenvalue weighted by Crippen LogP contribution is 2.21. The molecule has 0 saturated heterocycles. The van der Waals surface area contributed by atoms with Gasteiger partial charge in [-0.05, 0) is 51.5 Å². The standard InChI is InChI=1S/C13H20N2O2/c1-9-6-10(14)8-11(7-9)15(5)12(16)17-13(2,3)4/h6-8H,14H2,1-5H3. The van der Waals surface area contributed by atoms with Crippen LogP contribution >= 0.6 is 0 Å². The van der Waals surface area contributed by atoms with Crippen LogP contribution in [-0.4, -0.2) is 18.7 Å². The highest BCUT2D eigenvalue weighted by Gasteiger charge is 2.20. The quantitative estimate of drug-likeness (QED) is 0.763. The predicted molar refractivity (Wildman–Crippen MR) is 70.2 cm³/mol. The molecule has 2 N–H and O–H groups in total. The van der Waals surface area contributed by atoms with Crippen molar-refractivity contribution in [2.24, 2.45) is 0 Å². The van der Waals surface area contributed by atoms with E-state index in [1.807, 2.05) is 39.8 Å². The van der Waals surface area contributed by atoms with Crippen LogP contribution in [0.2, 0.25) is 0 Å². The summed E-state index contributed by atoms with van der Waals surface area (Å²) >= 11 is 0. The number of hydrogen-bond donors (Lipinski definition) is 1. The number of anilines is 2. The largest absolute Gasteiger partial charge is 0.443 e. The van der Waals surface area contributed by atoms with Crippen molar-refractivity contribution in [1.82, 2.24) is 0 Å². The highest BCUT2D eigenvalue weighted by molar-refractivity contribution is 5.88. The molecule has 4 nitrogen and oxygen atoms in total. The average Bonchev–Trinajstić information content (AvgIpc) is 2.12. The molecule has 0 atom stereocenters. The Labute approximate surface area is 102 Å². The maximum atomic E-state index is 11.8. The number of carbonyl (C=O) groups excluding carboxylic acids is 1. The number of aryl methyl sites for hydroxylation is 1. The summed E-state index contributed by atoms with van der Waals surface area (Å²) in [6, 6.07) is 5.49. The molecule has 0 fully saturated rings. The van der Waals surface area contributed by atoms with Gasteiger partial charge in [-0.1, -0.05) is 0 Å². The Morgan fingerprint density at radius 1 is 1.29 bits per heavy atom. The molecule has 1 rings (SSSR count). The molecule has 0 aliphatic heterocycles. The van der Waals surface area contributed by atoms with Gasteiger partial charge in [-0.25, -0.2) is 4.79 Å². The summed E-state index contributed by atoms with van der Waals surface area (Å²) in [5.41, 5.74) is 7.62. The van der Waals surface area contributed by atoms with E-state index < -0.39 is 5.60 Å². The number of hydrogen-bond acceptors (Lipinski definition) is 3.